The molecule has 0 radical (unpaired) electrons. The number of hydrogen-bond acceptors (Lipinski definition) is 3. The third-order valence-electron chi connectivity index (χ3n) is 4.57. The van der Waals surface area contributed by atoms with Crippen LogP contribution in [0.4, 0.5) is 5.69 Å². The second-order valence-corrected chi connectivity index (χ2v) is 6.48. The molecule has 4 heteroatoms. The van der Waals surface area contributed by atoms with Gasteiger partial charge in [0.15, 0.2) is 0 Å². The first-order valence-electron chi connectivity index (χ1n) is 8.73. The van der Waals surface area contributed by atoms with Crippen LogP contribution in [0.3, 0.4) is 0 Å². The first kappa shape index (κ1) is 16.5. The first-order valence-corrected chi connectivity index (χ1v) is 8.73. The van der Waals surface area contributed by atoms with Crippen LogP contribution in [0, 0.1) is 0 Å². The third kappa shape index (κ3) is 4.13. The number of pyridine rings is 1. The van der Waals surface area contributed by atoms with E-state index >= 15 is 0 Å². The summed E-state index contributed by atoms with van der Waals surface area (Å²) in [6.07, 6.45) is 8.17. The average molecular weight is 323 g/mol. The predicted molar refractivity (Wildman–Crippen MR) is 97.2 cm³/mol. The normalized spacial score (nSPS) is 15.0. The summed E-state index contributed by atoms with van der Waals surface area (Å²) in [6.45, 7) is 2.52. The topological polar surface area (TPSA) is 36.4 Å². The molecule has 126 valence electrons. The number of nitrogens with zero attached hydrogens (tertiary/aromatic N) is 3. The highest BCUT2D eigenvalue weighted by Gasteiger charge is 2.18. The van der Waals surface area contributed by atoms with E-state index in [1.54, 1.807) is 6.20 Å². The largest absolute Gasteiger partial charge is 0.369 e. The number of rotatable bonds is 4. The Morgan fingerprint density at radius 3 is 2.50 bits per heavy atom. The summed E-state index contributed by atoms with van der Waals surface area (Å²) in [6, 6.07) is 12.3. The highest BCUT2D eigenvalue weighted by Crippen LogP contribution is 2.18. The van der Waals surface area contributed by atoms with E-state index in [4.69, 9.17) is 0 Å². The second kappa shape index (κ2) is 7.95. The van der Waals surface area contributed by atoms with E-state index in [9.17, 15) is 4.79 Å². The fourth-order valence-corrected chi connectivity index (χ4v) is 3.16. The van der Waals surface area contributed by atoms with Gasteiger partial charge in [-0.15, -0.1) is 0 Å². The van der Waals surface area contributed by atoms with Crippen LogP contribution < -0.4 is 4.90 Å². The molecule has 1 aliphatic rings. The molecule has 0 atom stereocenters. The van der Waals surface area contributed by atoms with E-state index in [-0.39, 0.29) is 5.91 Å². The third-order valence-corrected chi connectivity index (χ3v) is 4.57. The van der Waals surface area contributed by atoms with Gasteiger partial charge < -0.3 is 9.80 Å². The Bertz CT molecular complexity index is 664. The van der Waals surface area contributed by atoms with Crippen molar-refractivity contribution < 1.29 is 4.79 Å². The van der Waals surface area contributed by atoms with Gasteiger partial charge in [0.1, 0.15) is 0 Å². The minimum atomic E-state index is 0.111. The minimum absolute atomic E-state index is 0.111. The van der Waals surface area contributed by atoms with Crippen LogP contribution in [0.2, 0.25) is 0 Å². The molecule has 0 bridgehead atoms. The molecule has 1 amide bonds. The van der Waals surface area contributed by atoms with Crippen molar-refractivity contribution in [3.05, 3.63) is 59.9 Å². The molecule has 1 fully saturated rings. The summed E-state index contributed by atoms with van der Waals surface area (Å²) >= 11 is 0. The number of benzene rings is 1. The van der Waals surface area contributed by atoms with E-state index in [2.05, 4.69) is 22.0 Å². The monoisotopic (exact) mass is 323 g/mol. The highest BCUT2D eigenvalue weighted by molar-refractivity contribution is 5.94. The van der Waals surface area contributed by atoms with Crippen molar-refractivity contribution in [1.29, 1.82) is 0 Å². The molecule has 0 N–H and O–H groups in total. The second-order valence-electron chi connectivity index (χ2n) is 6.48. The van der Waals surface area contributed by atoms with E-state index in [0.717, 1.165) is 38.2 Å². The zero-order valence-electron chi connectivity index (χ0n) is 14.3. The highest BCUT2D eigenvalue weighted by atomic mass is 16.2. The van der Waals surface area contributed by atoms with Crippen molar-refractivity contribution in [2.24, 2.45) is 0 Å². The summed E-state index contributed by atoms with van der Waals surface area (Å²) in [5.41, 5.74) is 2.90. The molecule has 0 unspecified atom stereocenters. The first-order chi connectivity index (χ1) is 11.7. The van der Waals surface area contributed by atoms with Crippen LogP contribution in [0.15, 0.2) is 48.8 Å². The van der Waals surface area contributed by atoms with E-state index in [1.807, 2.05) is 42.4 Å². The maximum atomic E-state index is 12.8. The molecule has 2 heterocycles. The molecule has 4 nitrogen and oxygen atoms in total. The summed E-state index contributed by atoms with van der Waals surface area (Å²) in [5.74, 6) is 0.111. The van der Waals surface area contributed by atoms with E-state index in [0.29, 0.717) is 5.56 Å². The molecule has 2 aromatic rings. The minimum Gasteiger partial charge on any atom is -0.369 e. The molecule has 0 spiro atoms. The zero-order valence-corrected chi connectivity index (χ0v) is 14.3. The standard InChI is InChI=1S/C20H25N3O/c1-22(16-17-9-5-4-6-10-17)19-13-18(14-21-15-19)20(24)23-11-7-2-3-8-12-23/h4-6,9-10,13-15H,2-3,7-8,11-12,16H2,1H3. The Morgan fingerprint density at radius 1 is 1.08 bits per heavy atom. The van der Waals surface area contributed by atoms with Crippen molar-refractivity contribution in [2.75, 3.05) is 25.0 Å². The molecule has 1 saturated heterocycles. The molecular formula is C20H25N3O. The lowest BCUT2D eigenvalue weighted by molar-refractivity contribution is 0.0761. The van der Waals surface area contributed by atoms with Crippen LogP contribution in [-0.4, -0.2) is 35.9 Å². The lowest BCUT2D eigenvalue weighted by atomic mass is 10.2. The Labute approximate surface area is 144 Å². The number of likely N-dealkylation sites (tertiary alicyclic amines) is 1. The Hall–Kier alpha value is -2.36. The van der Waals surface area contributed by atoms with Gasteiger partial charge >= 0.3 is 0 Å². The summed E-state index contributed by atoms with van der Waals surface area (Å²) in [7, 11) is 2.03. The molecule has 1 aromatic carbocycles. The van der Waals surface area contributed by atoms with Gasteiger partial charge in [0.05, 0.1) is 17.4 Å². The van der Waals surface area contributed by atoms with Gasteiger partial charge in [-0.25, -0.2) is 0 Å². The van der Waals surface area contributed by atoms with Crippen LogP contribution in [0.25, 0.3) is 0 Å². The van der Waals surface area contributed by atoms with Gasteiger partial charge in [-0.1, -0.05) is 43.2 Å². The van der Waals surface area contributed by atoms with Gasteiger partial charge in [0.25, 0.3) is 5.91 Å². The molecule has 0 aliphatic carbocycles. The number of carbonyl (C=O) groups excluding carboxylic acids is 1. The van der Waals surface area contributed by atoms with Crippen molar-refractivity contribution in [1.82, 2.24) is 9.88 Å². The van der Waals surface area contributed by atoms with Gasteiger partial charge in [-0.3, -0.25) is 9.78 Å². The number of amides is 1. The fraction of sp³-hybridized carbons (Fsp3) is 0.400. The lowest BCUT2D eigenvalue weighted by Gasteiger charge is -2.22. The Kier molecular flexibility index (Phi) is 5.47. The molecular weight excluding hydrogens is 298 g/mol. The average Bonchev–Trinajstić information content (AvgIpc) is 2.91. The van der Waals surface area contributed by atoms with Gasteiger partial charge in [-0.2, -0.15) is 0 Å². The number of hydrogen-bond donors (Lipinski definition) is 0. The van der Waals surface area contributed by atoms with E-state index < -0.39 is 0 Å². The quantitative estimate of drug-likeness (QED) is 0.860. The fourth-order valence-electron chi connectivity index (χ4n) is 3.16. The smallest absolute Gasteiger partial charge is 0.255 e. The Balaban J connectivity index is 1.72. The summed E-state index contributed by atoms with van der Waals surface area (Å²) < 4.78 is 0. The van der Waals surface area contributed by atoms with Crippen LogP contribution in [0.1, 0.15) is 41.6 Å². The summed E-state index contributed by atoms with van der Waals surface area (Å²) in [4.78, 5) is 21.2. The van der Waals surface area contributed by atoms with Crippen molar-refractivity contribution in [3.63, 3.8) is 0 Å². The maximum Gasteiger partial charge on any atom is 0.255 e. The molecule has 1 aromatic heterocycles. The van der Waals surface area contributed by atoms with Crippen molar-refractivity contribution in [3.8, 4) is 0 Å². The summed E-state index contributed by atoms with van der Waals surface area (Å²) in [5, 5.41) is 0. The molecule has 0 saturated carbocycles. The molecule has 1 aliphatic heterocycles. The van der Waals surface area contributed by atoms with Crippen molar-refractivity contribution >= 4 is 11.6 Å². The SMILES string of the molecule is CN(Cc1ccccc1)c1cncc(C(=O)N2CCCCCC2)c1. The Morgan fingerprint density at radius 2 is 1.79 bits per heavy atom. The predicted octanol–water partition coefficient (Wildman–Crippen LogP) is 3.73. The zero-order chi connectivity index (χ0) is 16.8. The number of aromatic nitrogens is 1. The van der Waals surface area contributed by atoms with Crippen LogP contribution in [-0.2, 0) is 6.54 Å². The van der Waals surface area contributed by atoms with Gasteiger partial charge in [0.2, 0.25) is 0 Å². The van der Waals surface area contributed by atoms with Gasteiger partial charge in [-0.05, 0) is 24.5 Å². The van der Waals surface area contributed by atoms with Crippen LogP contribution >= 0.6 is 0 Å². The molecule has 24 heavy (non-hydrogen) atoms. The lowest BCUT2D eigenvalue weighted by Crippen LogP contribution is -2.32. The maximum absolute atomic E-state index is 12.8. The molecule has 3 rings (SSSR count). The van der Waals surface area contributed by atoms with Gasteiger partial charge in [0, 0.05) is 32.9 Å². The van der Waals surface area contributed by atoms with Crippen LogP contribution in [0.5, 0.6) is 0 Å². The van der Waals surface area contributed by atoms with Crippen molar-refractivity contribution in [2.45, 2.75) is 32.2 Å². The van der Waals surface area contributed by atoms with E-state index in [1.165, 1.54) is 18.4 Å². The number of carbonyl (C=O) groups is 1. The number of anilines is 1.